The van der Waals surface area contributed by atoms with Crippen molar-refractivity contribution in [1.29, 1.82) is 0 Å². The second-order valence-electron chi connectivity index (χ2n) is 5.61. The lowest BCUT2D eigenvalue weighted by Gasteiger charge is -2.20. The molecule has 0 aliphatic heterocycles. The van der Waals surface area contributed by atoms with Crippen molar-refractivity contribution in [3.63, 3.8) is 0 Å². The predicted octanol–water partition coefficient (Wildman–Crippen LogP) is 3.60. The summed E-state index contributed by atoms with van der Waals surface area (Å²) in [5, 5.41) is 0. The normalized spacial score (nSPS) is 14.9. The van der Waals surface area contributed by atoms with Crippen molar-refractivity contribution in [2.75, 3.05) is 0 Å². The average Bonchev–Trinajstić information content (AvgIpc) is 1.78. The minimum atomic E-state index is -1.14. The van der Waals surface area contributed by atoms with Crippen molar-refractivity contribution < 1.29 is 0 Å². The zero-order valence-corrected chi connectivity index (χ0v) is 11.6. The van der Waals surface area contributed by atoms with Crippen LogP contribution in [0.4, 0.5) is 0 Å². The van der Waals surface area contributed by atoms with E-state index in [1.807, 2.05) is 0 Å². The molecular formula is C10H22Si2. The summed E-state index contributed by atoms with van der Waals surface area (Å²) in [6.07, 6.45) is 0. The largest absolute Gasteiger partial charge is 0.132 e. The van der Waals surface area contributed by atoms with E-state index < -0.39 is 16.1 Å². The second-order valence-corrected chi connectivity index (χ2v) is 16.0. The van der Waals surface area contributed by atoms with Crippen molar-refractivity contribution in [2.24, 2.45) is 0 Å². The highest BCUT2D eigenvalue weighted by molar-refractivity contribution is 6.84. The van der Waals surface area contributed by atoms with Gasteiger partial charge in [0, 0.05) is 5.54 Å². The van der Waals surface area contributed by atoms with Crippen LogP contribution >= 0.6 is 0 Å². The van der Waals surface area contributed by atoms with Crippen LogP contribution in [-0.4, -0.2) is 16.1 Å². The van der Waals surface area contributed by atoms with Gasteiger partial charge in [-0.3, -0.25) is 0 Å². The van der Waals surface area contributed by atoms with Crippen molar-refractivity contribution in [2.45, 2.75) is 51.7 Å². The standard InChI is InChI=1S/C10H22Si2/c1-10(12(5,6)7)8-9-11(2,3)4/h10H,1-7H3. The molecule has 0 saturated carbocycles. The summed E-state index contributed by atoms with van der Waals surface area (Å²) < 4.78 is 0. The summed E-state index contributed by atoms with van der Waals surface area (Å²) in [7, 11) is -2.15. The molecule has 12 heavy (non-hydrogen) atoms. The SMILES string of the molecule is CC(C#C[Si](C)(C)C)[Si](C)(C)C. The average molecular weight is 198 g/mol. The lowest BCUT2D eigenvalue weighted by molar-refractivity contribution is 1.17. The zero-order chi connectivity index (χ0) is 9.99. The molecule has 0 aliphatic carbocycles. The fourth-order valence-electron chi connectivity index (χ4n) is 0.541. The molecule has 0 aromatic heterocycles. The quantitative estimate of drug-likeness (QED) is 0.446. The van der Waals surface area contributed by atoms with Crippen LogP contribution in [0.25, 0.3) is 0 Å². The molecule has 0 bridgehead atoms. The number of hydrogen-bond acceptors (Lipinski definition) is 0. The molecule has 70 valence electrons. The second kappa shape index (κ2) is 3.80. The van der Waals surface area contributed by atoms with E-state index in [1.54, 1.807) is 0 Å². The van der Waals surface area contributed by atoms with Crippen molar-refractivity contribution >= 4 is 16.1 Å². The predicted molar refractivity (Wildman–Crippen MR) is 63.9 cm³/mol. The van der Waals surface area contributed by atoms with Crippen LogP contribution in [0.2, 0.25) is 44.8 Å². The van der Waals surface area contributed by atoms with E-state index in [4.69, 9.17) is 0 Å². The molecule has 0 spiro atoms. The topological polar surface area (TPSA) is 0 Å². The smallest absolute Gasteiger partial charge is 0.129 e. The van der Waals surface area contributed by atoms with E-state index in [-0.39, 0.29) is 0 Å². The Kier molecular flexibility index (Phi) is 3.80. The molecule has 0 fully saturated rings. The minimum Gasteiger partial charge on any atom is -0.132 e. The highest BCUT2D eigenvalue weighted by Crippen LogP contribution is 2.19. The van der Waals surface area contributed by atoms with E-state index in [0.717, 1.165) is 0 Å². The molecule has 0 aromatic rings. The first kappa shape index (κ1) is 12.0. The Hall–Kier alpha value is -0.00623. The maximum absolute atomic E-state index is 3.45. The van der Waals surface area contributed by atoms with Crippen molar-refractivity contribution in [3.05, 3.63) is 0 Å². The molecular weight excluding hydrogens is 176 g/mol. The molecule has 0 aromatic carbocycles. The fraction of sp³-hybridized carbons (Fsp3) is 0.800. The Morgan fingerprint density at radius 3 is 1.58 bits per heavy atom. The molecule has 0 N–H and O–H groups in total. The summed E-state index contributed by atoms with van der Waals surface area (Å²) in [6.45, 7) is 16.3. The maximum Gasteiger partial charge on any atom is 0.129 e. The van der Waals surface area contributed by atoms with Crippen LogP contribution in [0, 0.1) is 11.5 Å². The van der Waals surface area contributed by atoms with Gasteiger partial charge in [-0.1, -0.05) is 46.2 Å². The number of hydrogen-bond donors (Lipinski definition) is 0. The Balaban J connectivity index is 4.34. The fourth-order valence-corrected chi connectivity index (χ4v) is 1.84. The summed E-state index contributed by atoms with van der Waals surface area (Å²) >= 11 is 0. The van der Waals surface area contributed by atoms with Gasteiger partial charge in [-0.05, 0) is 0 Å². The van der Waals surface area contributed by atoms with Gasteiger partial charge < -0.3 is 0 Å². The lowest BCUT2D eigenvalue weighted by atomic mass is 10.5. The molecule has 0 heterocycles. The monoisotopic (exact) mass is 198 g/mol. The molecule has 1 atom stereocenters. The van der Waals surface area contributed by atoms with Gasteiger partial charge in [-0.25, -0.2) is 0 Å². The van der Waals surface area contributed by atoms with Gasteiger partial charge >= 0.3 is 0 Å². The van der Waals surface area contributed by atoms with Crippen molar-refractivity contribution in [3.8, 4) is 11.5 Å². The summed E-state index contributed by atoms with van der Waals surface area (Å²) in [5.74, 6) is 3.44. The summed E-state index contributed by atoms with van der Waals surface area (Å²) in [5.41, 5.74) is 4.09. The van der Waals surface area contributed by atoms with Crippen LogP contribution in [0.15, 0.2) is 0 Å². The summed E-state index contributed by atoms with van der Waals surface area (Å²) in [6, 6.07) is 0. The van der Waals surface area contributed by atoms with Gasteiger partial charge in [0.25, 0.3) is 0 Å². The molecule has 0 amide bonds. The van der Waals surface area contributed by atoms with Gasteiger partial charge in [0.05, 0.1) is 8.07 Å². The van der Waals surface area contributed by atoms with Crippen molar-refractivity contribution in [1.82, 2.24) is 0 Å². The Labute approximate surface area is 79.8 Å². The van der Waals surface area contributed by atoms with Crippen LogP contribution < -0.4 is 0 Å². The van der Waals surface area contributed by atoms with Crippen LogP contribution in [0.5, 0.6) is 0 Å². The summed E-state index contributed by atoms with van der Waals surface area (Å²) in [4.78, 5) is 0. The third-order valence-electron chi connectivity index (χ3n) is 1.96. The van der Waals surface area contributed by atoms with E-state index in [1.165, 1.54) is 0 Å². The number of rotatable bonds is 1. The zero-order valence-electron chi connectivity index (χ0n) is 9.58. The molecule has 0 aliphatic rings. The molecule has 0 nitrogen and oxygen atoms in total. The Morgan fingerprint density at radius 1 is 0.917 bits per heavy atom. The molecule has 0 rings (SSSR count). The highest BCUT2D eigenvalue weighted by Gasteiger charge is 2.20. The van der Waals surface area contributed by atoms with Gasteiger partial charge in [0.15, 0.2) is 0 Å². The molecule has 2 heteroatoms. The van der Waals surface area contributed by atoms with Crippen LogP contribution in [0.1, 0.15) is 6.92 Å². The van der Waals surface area contributed by atoms with Gasteiger partial charge in [-0.15, -0.1) is 11.5 Å². The van der Waals surface area contributed by atoms with E-state index in [9.17, 15) is 0 Å². The third kappa shape index (κ3) is 5.62. The molecule has 0 radical (unpaired) electrons. The lowest BCUT2D eigenvalue weighted by Crippen LogP contribution is -2.26. The van der Waals surface area contributed by atoms with Crippen LogP contribution in [0.3, 0.4) is 0 Å². The van der Waals surface area contributed by atoms with Gasteiger partial charge in [-0.2, -0.15) is 0 Å². The Bertz CT molecular complexity index is 195. The maximum atomic E-state index is 3.45. The first-order valence-corrected chi connectivity index (χ1v) is 11.7. The van der Waals surface area contributed by atoms with E-state index >= 15 is 0 Å². The third-order valence-corrected chi connectivity index (χ3v) is 5.60. The molecule has 1 unspecified atom stereocenters. The first-order valence-electron chi connectivity index (χ1n) is 4.65. The first-order chi connectivity index (χ1) is 5.13. The van der Waals surface area contributed by atoms with Crippen LogP contribution in [-0.2, 0) is 0 Å². The highest BCUT2D eigenvalue weighted by atomic mass is 28.3. The van der Waals surface area contributed by atoms with Gasteiger partial charge in [0.1, 0.15) is 8.07 Å². The molecule has 0 saturated heterocycles. The Morgan fingerprint density at radius 2 is 1.33 bits per heavy atom. The van der Waals surface area contributed by atoms with E-state index in [0.29, 0.717) is 5.54 Å². The van der Waals surface area contributed by atoms with Gasteiger partial charge in [0.2, 0.25) is 0 Å². The minimum absolute atomic E-state index is 0.643. The van der Waals surface area contributed by atoms with E-state index in [2.05, 4.69) is 57.7 Å².